The van der Waals surface area contributed by atoms with Gasteiger partial charge in [0.2, 0.25) is 0 Å². The Hall–Kier alpha value is -0.350. The van der Waals surface area contributed by atoms with Crippen LogP contribution in [0.1, 0.15) is 34.6 Å². The monoisotopic (exact) mass is 334 g/mol. The molecular weight excluding hydrogens is 324 g/mol. The summed E-state index contributed by atoms with van der Waals surface area (Å²) in [6.07, 6.45) is 0. The molecule has 15 heavy (non-hydrogen) atoms. The first-order valence-corrected chi connectivity index (χ1v) is 6.37. The molecule has 0 heterocycles. The van der Waals surface area contributed by atoms with Gasteiger partial charge in [0.1, 0.15) is 0 Å². The summed E-state index contributed by atoms with van der Waals surface area (Å²) in [5.74, 6) is -0.278. The molecule has 0 bridgehead atoms. The van der Waals surface area contributed by atoms with Crippen LogP contribution in [0.2, 0.25) is 0 Å². The van der Waals surface area contributed by atoms with Crippen molar-refractivity contribution in [1.29, 1.82) is 0 Å². The van der Waals surface area contributed by atoms with Crippen LogP contribution in [0.25, 0.3) is 0 Å². The van der Waals surface area contributed by atoms with Gasteiger partial charge in [0.15, 0.2) is 0 Å². The van der Waals surface area contributed by atoms with Gasteiger partial charge in [-0.25, -0.2) is 4.79 Å². The highest BCUT2D eigenvalue weighted by molar-refractivity contribution is 9.11. The maximum atomic E-state index is 11.5. The lowest BCUT2D eigenvalue weighted by Crippen LogP contribution is -2.05. The molecule has 1 aromatic carbocycles. The summed E-state index contributed by atoms with van der Waals surface area (Å²) in [5.41, 5.74) is 1.63. The van der Waals surface area contributed by atoms with E-state index in [1.807, 2.05) is 19.1 Å². The van der Waals surface area contributed by atoms with E-state index < -0.39 is 0 Å². The highest BCUT2D eigenvalue weighted by Gasteiger charge is 2.11. The summed E-state index contributed by atoms with van der Waals surface area (Å²) in [6.45, 7) is 4.20. The zero-order valence-corrected chi connectivity index (χ0v) is 11.8. The molecule has 0 aromatic heterocycles. The molecule has 0 N–H and O–H groups in total. The highest BCUT2D eigenvalue weighted by Crippen LogP contribution is 2.30. The molecule has 0 saturated carbocycles. The van der Waals surface area contributed by atoms with E-state index in [9.17, 15) is 4.79 Å². The SMILES string of the molecule is CCOC(=O)c1ccc(Br)c(C(C)Br)c1. The van der Waals surface area contributed by atoms with E-state index in [1.54, 1.807) is 13.0 Å². The van der Waals surface area contributed by atoms with Gasteiger partial charge in [0, 0.05) is 9.30 Å². The Bertz CT molecular complexity index is 362. The molecule has 0 saturated heterocycles. The molecule has 82 valence electrons. The first-order valence-electron chi connectivity index (χ1n) is 4.67. The minimum absolute atomic E-state index is 0.196. The number of esters is 1. The molecule has 2 nitrogen and oxygen atoms in total. The lowest BCUT2D eigenvalue weighted by molar-refractivity contribution is 0.0526. The average molecular weight is 336 g/mol. The van der Waals surface area contributed by atoms with Gasteiger partial charge in [-0.3, -0.25) is 0 Å². The van der Waals surface area contributed by atoms with Crippen molar-refractivity contribution in [3.63, 3.8) is 0 Å². The molecule has 0 amide bonds. The van der Waals surface area contributed by atoms with Crippen molar-refractivity contribution in [3.8, 4) is 0 Å². The normalized spacial score (nSPS) is 12.3. The van der Waals surface area contributed by atoms with Gasteiger partial charge in [-0.05, 0) is 37.6 Å². The van der Waals surface area contributed by atoms with Gasteiger partial charge < -0.3 is 4.74 Å². The first-order chi connectivity index (χ1) is 7.06. The average Bonchev–Trinajstić information content (AvgIpc) is 2.18. The molecular formula is C11H12Br2O2. The second kappa shape index (κ2) is 5.66. The van der Waals surface area contributed by atoms with Crippen molar-refractivity contribution in [2.45, 2.75) is 18.7 Å². The minimum atomic E-state index is -0.278. The zero-order chi connectivity index (χ0) is 11.4. The van der Waals surface area contributed by atoms with Gasteiger partial charge in [-0.15, -0.1) is 0 Å². The van der Waals surface area contributed by atoms with E-state index in [-0.39, 0.29) is 10.8 Å². The topological polar surface area (TPSA) is 26.3 Å². The first kappa shape index (κ1) is 12.7. The number of halogens is 2. The molecule has 0 fully saturated rings. The molecule has 1 unspecified atom stereocenters. The Labute approximate surface area is 106 Å². The molecule has 0 aliphatic rings. The van der Waals surface area contributed by atoms with Crippen molar-refractivity contribution in [3.05, 3.63) is 33.8 Å². The van der Waals surface area contributed by atoms with E-state index in [1.165, 1.54) is 0 Å². The van der Waals surface area contributed by atoms with Gasteiger partial charge in [-0.1, -0.05) is 31.9 Å². The van der Waals surface area contributed by atoms with Crippen LogP contribution in [0, 0.1) is 0 Å². The molecule has 1 rings (SSSR count). The number of ether oxygens (including phenoxy) is 1. The van der Waals surface area contributed by atoms with Crippen LogP contribution in [0.15, 0.2) is 22.7 Å². The van der Waals surface area contributed by atoms with E-state index in [2.05, 4.69) is 31.9 Å². The van der Waals surface area contributed by atoms with Gasteiger partial charge in [-0.2, -0.15) is 0 Å². The Balaban J connectivity index is 3.02. The number of carbonyl (C=O) groups excluding carboxylic acids is 1. The lowest BCUT2D eigenvalue weighted by Gasteiger charge is -2.09. The predicted molar refractivity (Wildman–Crippen MR) is 67.4 cm³/mol. The summed E-state index contributed by atoms with van der Waals surface area (Å²) < 4.78 is 5.92. The third-order valence-electron chi connectivity index (χ3n) is 1.94. The van der Waals surface area contributed by atoms with Crippen LogP contribution in [-0.2, 0) is 4.74 Å². The fourth-order valence-corrected chi connectivity index (χ4v) is 2.47. The molecule has 0 aliphatic carbocycles. The Kier molecular flexibility index (Phi) is 4.80. The molecule has 0 aliphatic heterocycles. The predicted octanol–water partition coefficient (Wildman–Crippen LogP) is 4.08. The van der Waals surface area contributed by atoms with Crippen LogP contribution in [0.3, 0.4) is 0 Å². The third kappa shape index (κ3) is 3.31. The van der Waals surface area contributed by atoms with Crippen molar-refractivity contribution in [2.24, 2.45) is 0 Å². The van der Waals surface area contributed by atoms with E-state index >= 15 is 0 Å². The van der Waals surface area contributed by atoms with E-state index in [0.29, 0.717) is 12.2 Å². The van der Waals surface area contributed by atoms with Crippen LogP contribution >= 0.6 is 31.9 Å². The molecule has 4 heteroatoms. The smallest absolute Gasteiger partial charge is 0.338 e. The summed E-state index contributed by atoms with van der Waals surface area (Å²) in [4.78, 5) is 11.7. The van der Waals surface area contributed by atoms with Crippen LogP contribution in [0.5, 0.6) is 0 Å². The Morgan fingerprint density at radius 1 is 1.53 bits per heavy atom. The lowest BCUT2D eigenvalue weighted by atomic mass is 10.1. The quantitative estimate of drug-likeness (QED) is 0.614. The Morgan fingerprint density at radius 3 is 2.73 bits per heavy atom. The van der Waals surface area contributed by atoms with Crippen molar-refractivity contribution in [1.82, 2.24) is 0 Å². The Morgan fingerprint density at radius 2 is 2.20 bits per heavy atom. The maximum Gasteiger partial charge on any atom is 0.338 e. The number of alkyl halides is 1. The number of hydrogen-bond donors (Lipinski definition) is 0. The van der Waals surface area contributed by atoms with Crippen LogP contribution < -0.4 is 0 Å². The third-order valence-corrected chi connectivity index (χ3v) is 3.15. The number of hydrogen-bond acceptors (Lipinski definition) is 2. The number of benzene rings is 1. The largest absolute Gasteiger partial charge is 0.462 e. The molecule has 0 spiro atoms. The fraction of sp³-hybridized carbons (Fsp3) is 0.364. The standard InChI is InChI=1S/C11H12Br2O2/c1-3-15-11(14)8-4-5-10(13)9(6-8)7(2)12/h4-7H,3H2,1-2H3. The number of rotatable bonds is 3. The van der Waals surface area contributed by atoms with E-state index in [4.69, 9.17) is 4.74 Å². The van der Waals surface area contributed by atoms with Crippen molar-refractivity contribution in [2.75, 3.05) is 6.61 Å². The van der Waals surface area contributed by atoms with E-state index in [0.717, 1.165) is 10.0 Å². The summed E-state index contributed by atoms with van der Waals surface area (Å²) in [6, 6.07) is 5.45. The summed E-state index contributed by atoms with van der Waals surface area (Å²) in [7, 11) is 0. The van der Waals surface area contributed by atoms with Crippen LogP contribution in [0.4, 0.5) is 0 Å². The van der Waals surface area contributed by atoms with Crippen LogP contribution in [-0.4, -0.2) is 12.6 Å². The summed E-state index contributed by atoms with van der Waals surface area (Å²) in [5, 5.41) is 0. The van der Waals surface area contributed by atoms with Gasteiger partial charge in [0.25, 0.3) is 0 Å². The van der Waals surface area contributed by atoms with Gasteiger partial charge >= 0.3 is 5.97 Å². The zero-order valence-electron chi connectivity index (χ0n) is 8.59. The highest BCUT2D eigenvalue weighted by atomic mass is 79.9. The molecule has 1 aromatic rings. The molecule has 0 radical (unpaired) electrons. The van der Waals surface area contributed by atoms with Crippen molar-refractivity contribution >= 4 is 37.8 Å². The fourth-order valence-electron chi connectivity index (χ4n) is 1.19. The second-order valence-electron chi connectivity index (χ2n) is 3.07. The van der Waals surface area contributed by atoms with Crippen molar-refractivity contribution < 1.29 is 9.53 Å². The maximum absolute atomic E-state index is 11.5. The van der Waals surface area contributed by atoms with Gasteiger partial charge in [0.05, 0.1) is 12.2 Å². The summed E-state index contributed by atoms with van der Waals surface area (Å²) >= 11 is 6.91. The minimum Gasteiger partial charge on any atom is -0.462 e. The number of carbonyl (C=O) groups is 1. The second-order valence-corrected chi connectivity index (χ2v) is 5.30. The molecule has 1 atom stereocenters.